The fourth-order valence-electron chi connectivity index (χ4n) is 1.41. The predicted molar refractivity (Wildman–Crippen MR) is 60.5 cm³/mol. The molecule has 14 heavy (non-hydrogen) atoms. The lowest BCUT2D eigenvalue weighted by molar-refractivity contribution is 0.402. The average molecular weight is 261 g/mol. The van der Waals surface area contributed by atoms with E-state index in [0.29, 0.717) is 5.92 Å². The van der Waals surface area contributed by atoms with Crippen molar-refractivity contribution in [3.8, 4) is 0 Å². The van der Waals surface area contributed by atoms with Crippen molar-refractivity contribution in [3.05, 3.63) is 22.6 Å². The topological polar surface area (TPSA) is 51.2 Å². The summed E-state index contributed by atoms with van der Waals surface area (Å²) in [6.07, 6.45) is 3.85. The number of hydrazine groups is 1. The van der Waals surface area contributed by atoms with Crippen LogP contribution < -0.4 is 11.3 Å². The molecule has 3 N–H and O–H groups in total. The van der Waals surface area contributed by atoms with Crippen LogP contribution in [0.2, 0.25) is 0 Å². The van der Waals surface area contributed by atoms with Crippen molar-refractivity contribution < 1.29 is 4.42 Å². The first-order valence-corrected chi connectivity index (χ1v) is 5.67. The minimum atomic E-state index is 0.165. The molecule has 0 amide bonds. The van der Waals surface area contributed by atoms with Gasteiger partial charge in [0.05, 0.1) is 12.3 Å². The van der Waals surface area contributed by atoms with Gasteiger partial charge in [-0.05, 0) is 34.3 Å². The highest BCUT2D eigenvalue weighted by Gasteiger charge is 2.17. The van der Waals surface area contributed by atoms with E-state index < -0.39 is 0 Å². The predicted octanol–water partition coefficient (Wildman–Crippen LogP) is 2.98. The van der Waals surface area contributed by atoms with Gasteiger partial charge in [0.15, 0.2) is 4.67 Å². The molecule has 1 aromatic rings. The molecule has 1 rings (SSSR count). The number of hydrogen-bond donors (Lipinski definition) is 2. The van der Waals surface area contributed by atoms with Crippen LogP contribution in [0.3, 0.4) is 0 Å². The van der Waals surface area contributed by atoms with Crippen LogP contribution in [0.1, 0.15) is 38.3 Å². The number of furan rings is 1. The standard InChI is InChI=1S/C10H17BrN2O/c1-3-7(2)6-9(13-12)8-4-5-14-10(8)11/h4-5,7,9,13H,3,6,12H2,1-2H3. The zero-order valence-corrected chi connectivity index (χ0v) is 10.2. The molecule has 0 radical (unpaired) electrons. The Balaban J connectivity index is 2.67. The summed E-state index contributed by atoms with van der Waals surface area (Å²) in [7, 11) is 0. The quantitative estimate of drug-likeness (QED) is 0.632. The summed E-state index contributed by atoms with van der Waals surface area (Å²) in [6.45, 7) is 4.40. The van der Waals surface area contributed by atoms with E-state index in [2.05, 4.69) is 35.2 Å². The first-order chi connectivity index (χ1) is 6.69. The molecule has 0 saturated carbocycles. The van der Waals surface area contributed by atoms with Gasteiger partial charge in [0.25, 0.3) is 0 Å². The Morgan fingerprint density at radius 2 is 2.36 bits per heavy atom. The Kier molecular flexibility index (Phi) is 4.65. The normalized spacial score (nSPS) is 15.4. The number of nitrogens with two attached hydrogens (primary N) is 1. The highest BCUT2D eigenvalue weighted by Crippen LogP contribution is 2.29. The maximum atomic E-state index is 5.52. The van der Waals surface area contributed by atoms with Crippen molar-refractivity contribution in [3.63, 3.8) is 0 Å². The Bertz CT molecular complexity index is 275. The summed E-state index contributed by atoms with van der Waals surface area (Å²) in [6, 6.07) is 2.11. The van der Waals surface area contributed by atoms with Crippen molar-refractivity contribution in [2.45, 2.75) is 32.7 Å². The first-order valence-electron chi connectivity index (χ1n) is 4.88. The van der Waals surface area contributed by atoms with Crippen molar-refractivity contribution in [1.82, 2.24) is 5.43 Å². The Morgan fingerprint density at radius 3 is 2.79 bits per heavy atom. The molecular formula is C10H17BrN2O. The van der Waals surface area contributed by atoms with Gasteiger partial charge in [-0.1, -0.05) is 20.3 Å². The third kappa shape index (κ3) is 2.83. The van der Waals surface area contributed by atoms with E-state index in [1.165, 1.54) is 0 Å². The molecule has 80 valence electrons. The zero-order valence-electron chi connectivity index (χ0n) is 8.59. The monoisotopic (exact) mass is 260 g/mol. The van der Waals surface area contributed by atoms with Gasteiger partial charge in [-0.25, -0.2) is 0 Å². The van der Waals surface area contributed by atoms with Crippen molar-refractivity contribution in [1.29, 1.82) is 0 Å². The molecule has 0 fully saturated rings. The largest absolute Gasteiger partial charge is 0.457 e. The molecule has 2 unspecified atom stereocenters. The van der Waals surface area contributed by atoms with Crippen molar-refractivity contribution in [2.24, 2.45) is 11.8 Å². The SMILES string of the molecule is CCC(C)CC(NN)c1ccoc1Br. The number of hydrogen-bond acceptors (Lipinski definition) is 3. The Hall–Kier alpha value is -0.320. The van der Waals surface area contributed by atoms with Gasteiger partial charge in [-0.2, -0.15) is 0 Å². The summed E-state index contributed by atoms with van der Waals surface area (Å²) in [5, 5.41) is 0. The third-order valence-corrected chi connectivity index (χ3v) is 3.20. The van der Waals surface area contributed by atoms with Crippen LogP contribution in [0.5, 0.6) is 0 Å². The first kappa shape index (κ1) is 11.8. The lowest BCUT2D eigenvalue weighted by atomic mass is 9.96. The van der Waals surface area contributed by atoms with Crippen LogP contribution >= 0.6 is 15.9 Å². The van der Waals surface area contributed by atoms with Gasteiger partial charge in [-0.15, -0.1) is 0 Å². The molecule has 3 nitrogen and oxygen atoms in total. The molecule has 0 spiro atoms. The van der Waals surface area contributed by atoms with Crippen LogP contribution in [0.4, 0.5) is 0 Å². The summed E-state index contributed by atoms with van der Waals surface area (Å²) in [5.41, 5.74) is 3.91. The fraction of sp³-hybridized carbons (Fsp3) is 0.600. The van der Waals surface area contributed by atoms with Gasteiger partial charge in [0.1, 0.15) is 0 Å². The molecule has 0 aromatic carbocycles. The molecule has 0 bridgehead atoms. The number of rotatable bonds is 5. The van der Waals surface area contributed by atoms with Crippen LogP contribution in [0.25, 0.3) is 0 Å². The van der Waals surface area contributed by atoms with E-state index in [-0.39, 0.29) is 6.04 Å². The molecule has 2 atom stereocenters. The lowest BCUT2D eigenvalue weighted by Crippen LogP contribution is -2.29. The smallest absolute Gasteiger partial charge is 0.173 e. The van der Waals surface area contributed by atoms with Gasteiger partial charge in [0.2, 0.25) is 0 Å². The average Bonchev–Trinajstić information content (AvgIpc) is 2.60. The van der Waals surface area contributed by atoms with Crippen LogP contribution in [-0.2, 0) is 0 Å². The summed E-state index contributed by atoms with van der Waals surface area (Å²) in [5.74, 6) is 6.17. The zero-order chi connectivity index (χ0) is 10.6. The summed E-state index contributed by atoms with van der Waals surface area (Å²) in [4.78, 5) is 0. The van der Waals surface area contributed by atoms with Gasteiger partial charge < -0.3 is 4.42 Å². The maximum Gasteiger partial charge on any atom is 0.173 e. The molecule has 4 heteroatoms. The second kappa shape index (κ2) is 5.53. The minimum absolute atomic E-state index is 0.165. The van der Waals surface area contributed by atoms with Gasteiger partial charge >= 0.3 is 0 Å². The molecular weight excluding hydrogens is 244 g/mol. The van der Waals surface area contributed by atoms with Gasteiger partial charge in [-0.3, -0.25) is 11.3 Å². The van der Waals surface area contributed by atoms with E-state index in [1.54, 1.807) is 6.26 Å². The van der Waals surface area contributed by atoms with Crippen LogP contribution in [0.15, 0.2) is 21.4 Å². The Morgan fingerprint density at radius 1 is 1.64 bits per heavy atom. The summed E-state index contributed by atoms with van der Waals surface area (Å²) < 4.78 is 5.95. The third-order valence-electron chi connectivity index (χ3n) is 2.56. The van der Waals surface area contributed by atoms with Crippen molar-refractivity contribution >= 4 is 15.9 Å². The fourth-order valence-corrected chi connectivity index (χ4v) is 1.92. The lowest BCUT2D eigenvalue weighted by Gasteiger charge is -2.18. The van der Waals surface area contributed by atoms with E-state index >= 15 is 0 Å². The van der Waals surface area contributed by atoms with E-state index in [1.807, 2.05) is 6.07 Å². The van der Waals surface area contributed by atoms with E-state index in [4.69, 9.17) is 10.3 Å². The molecule has 0 aliphatic rings. The van der Waals surface area contributed by atoms with E-state index in [0.717, 1.165) is 23.1 Å². The molecule has 0 aliphatic heterocycles. The number of halogens is 1. The molecule has 1 heterocycles. The highest BCUT2D eigenvalue weighted by molar-refractivity contribution is 9.10. The van der Waals surface area contributed by atoms with Crippen LogP contribution in [0, 0.1) is 5.92 Å². The minimum Gasteiger partial charge on any atom is -0.457 e. The summed E-state index contributed by atoms with van der Waals surface area (Å²) >= 11 is 3.36. The molecule has 0 saturated heterocycles. The Labute approximate surface area is 93.1 Å². The second-order valence-electron chi connectivity index (χ2n) is 3.62. The van der Waals surface area contributed by atoms with Gasteiger partial charge in [0, 0.05) is 5.56 Å². The maximum absolute atomic E-state index is 5.52. The van der Waals surface area contributed by atoms with E-state index in [9.17, 15) is 0 Å². The van der Waals surface area contributed by atoms with Crippen LogP contribution in [-0.4, -0.2) is 0 Å². The number of nitrogens with one attached hydrogen (secondary N) is 1. The van der Waals surface area contributed by atoms with Crippen molar-refractivity contribution in [2.75, 3.05) is 0 Å². The molecule has 1 aromatic heterocycles. The highest BCUT2D eigenvalue weighted by atomic mass is 79.9. The molecule has 0 aliphatic carbocycles. The second-order valence-corrected chi connectivity index (χ2v) is 4.34.